The molecule has 264 valence electrons. The first kappa shape index (κ1) is 39.3. The number of hydrogen-bond donors (Lipinski definition) is 2. The first-order valence-electron chi connectivity index (χ1n) is 18.0. The number of amides is 1. The summed E-state index contributed by atoms with van der Waals surface area (Å²) in [7, 11) is 0. The van der Waals surface area contributed by atoms with Gasteiger partial charge in [0.25, 0.3) is 0 Å². The Labute approximate surface area is 296 Å². The van der Waals surface area contributed by atoms with Crippen LogP contribution in [-0.4, -0.2) is 56.6 Å². The van der Waals surface area contributed by atoms with E-state index in [2.05, 4.69) is 69.9 Å². The number of carbonyl (C=O) groups is 1. The van der Waals surface area contributed by atoms with Crippen LogP contribution in [0.3, 0.4) is 0 Å². The standard InChI is InChI=1S/C22H29NO2.C22H31NO/c1-15(2)23(16(3)4)22(25)14-19(18-9-7-6-8-10-18)20-13-17(5)11-12-21(20)24;1-16(2)23(17(3)4)14-13-20(19-9-7-6-8-10-19)21-15-18(5)11-12-22(21)24/h6-13,15-16,19,24H,14H2,1-5H3;6-12,15-17,20,24H,13-14H2,1-5H3. The van der Waals surface area contributed by atoms with Gasteiger partial charge in [-0.25, -0.2) is 0 Å². The maximum atomic E-state index is 13.0. The number of rotatable bonds is 13. The fourth-order valence-corrected chi connectivity index (χ4v) is 7.03. The van der Waals surface area contributed by atoms with E-state index in [1.165, 1.54) is 11.1 Å². The van der Waals surface area contributed by atoms with Crippen molar-refractivity contribution in [3.05, 3.63) is 130 Å². The molecule has 5 heteroatoms. The Bertz CT molecular complexity index is 1560. The van der Waals surface area contributed by atoms with Crippen molar-refractivity contribution in [2.24, 2.45) is 0 Å². The third kappa shape index (κ3) is 11.2. The molecule has 0 aliphatic rings. The molecule has 49 heavy (non-hydrogen) atoms. The van der Waals surface area contributed by atoms with Crippen molar-refractivity contribution in [2.45, 2.75) is 118 Å². The normalized spacial score (nSPS) is 12.7. The molecular weight excluding hydrogens is 604 g/mol. The number of phenolic OH excluding ortho intramolecular Hbond substituents is 2. The first-order chi connectivity index (χ1) is 23.2. The third-order valence-corrected chi connectivity index (χ3v) is 9.30. The van der Waals surface area contributed by atoms with Crippen LogP contribution in [0.15, 0.2) is 97.1 Å². The van der Waals surface area contributed by atoms with E-state index >= 15 is 0 Å². The van der Waals surface area contributed by atoms with Crippen molar-refractivity contribution in [1.29, 1.82) is 0 Å². The lowest BCUT2D eigenvalue weighted by Crippen LogP contribution is -2.42. The van der Waals surface area contributed by atoms with Gasteiger partial charge in [-0.05, 0) is 105 Å². The topological polar surface area (TPSA) is 64.0 Å². The molecule has 5 nitrogen and oxygen atoms in total. The second-order valence-corrected chi connectivity index (χ2v) is 14.5. The van der Waals surface area contributed by atoms with Crippen LogP contribution in [0.2, 0.25) is 0 Å². The van der Waals surface area contributed by atoms with Crippen molar-refractivity contribution in [1.82, 2.24) is 9.80 Å². The average Bonchev–Trinajstić information content (AvgIpc) is 3.05. The minimum Gasteiger partial charge on any atom is -0.508 e. The van der Waals surface area contributed by atoms with Crippen molar-refractivity contribution >= 4 is 5.91 Å². The quantitative estimate of drug-likeness (QED) is 0.149. The number of aromatic hydroxyl groups is 2. The van der Waals surface area contributed by atoms with E-state index in [1.54, 1.807) is 6.07 Å². The summed E-state index contributed by atoms with van der Waals surface area (Å²) in [5, 5.41) is 20.8. The van der Waals surface area contributed by atoms with Crippen LogP contribution in [0.25, 0.3) is 0 Å². The maximum Gasteiger partial charge on any atom is 0.223 e. The summed E-state index contributed by atoms with van der Waals surface area (Å²) in [6.07, 6.45) is 1.34. The molecule has 0 spiro atoms. The molecule has 0 saturated heterocycles. The van der Waals surface area contributed by atoms with Gasteiger partial charge >= 0.3 is 0 Å². The molecule has 4 rings (SSSR count). The van der Waals surface area contributed by atoms with Crippen molar-refractivity contribution in [3.63, 3.8) is 0 Å². The lowest BCUT2D eigenvalue weighted by molar-refractivity contribution is -0.135. The van der Waals surface area contributed by atoms with E-state index in [9.17, 15) is 15.0 Å². The van der Waals surface area contributed by atoms with Crippen LogP contribution in [-0.2, 0) is 4.79 Å². The molecule has 0 bridgehead atoms. The Kier molecular flexibility index (Phi) is 14.9. The van der Waals surface area contributed by atoms with Crippen LogP contribution >= 0.6 is 0 Å². The Morgan fingerprint density at radius 3 is 1.39 bits per heavy atom. The second kappa shape index (κ2) is 18.6. The minimum absolute atomic E-state index is 0.111. The smallest absolute Gasteiger partial charge is 0.223 e. The predicted octanol–water partition coefficient (Wildman–Crippen LogP) is 10.2. The highest BCUT2D eigenvalue weighted by molar-refractivity contribution is 5.78. The van der Waals surface area contributed by atoms with Gasteiger partial charge in [0.2, 0.25) is 5.91 Å². The maximum absolute atomic E-state index is 13.0. The molecule has 0 aromatic heterocycles. The van der Waals surface area contributed by atoms with Gasteiger partial charge in [0.15, 0.2) is 0 Å². The summed E-state index contributed by atoms with van der Waals surface area (Å²) >= 11 is 0. The second-order valence-electron chi connectivity index (χ2n) is 14.5. The Morgan fingerprint density at radius 1 is 0.571 bits per heavy atom. The van der Waals surface area contributed by atoms with E-state index in [0.717, 1.165) is 35.2 Å². The van der Waals surface area contributed by atoms with Crippen LogP contribution in [0.5, 0.6) is 11.5 Å². The molecule has 0 fully saturated rings. The fourth-order valence-electron chi connectivity index (χ4n) is 7.03. The van der Waals surface area contributed by atoms with Gasteiger partial charge in [0.05, 0.1) is 0 Å². The molecule has 0 aliphatic heterocycles. The molecule has 0 radical (unpaired) electrons. The minimum atomic E-state index is -0.159. The van der Waals surface area contributed by atoms with E-state index < -0.39 is 0 Å². The van der Waals surface area contributed by atoms with Crippen LogP contribution in [0.1, 0.15) is 113 Å². The average molecular weight is 665 g/mol. The van der Waals surface area contributed by atoms with Gasteiger partial charge in [0.1, 0.15) is 11.5 Å². The van der Waals surface area contributed by atoms with E-state index in [4.69, 9.17) is 0 Å². The van der Waals surface area contributed by atoms with Crippen molar-refractivity contribution < 1.29 is 15.0 Å². The van der Waals surface area contributed by atoms with E-state index in [-0.39, 0.29) is 35.6 Å². The summed E-state index contributed by atoms with van der Waals surface area (Å²) in [5.74, 6) is 0.808. The van der Waals surface area contributed by atoms with Crippen molar-refractivity contribution in [3.8, 4) is 11.5 Å². The molecular formula is C44H60N2O3. The number of benzene rings is 4. The highest BCUT2D eigenvalue weighted by Gasteiger charge is 2.27. The Hall–Kier alpha value is -4.09. The SMILES string of the molecule is Cc1ccc(O)c(C(CC(=O)N(C(C)C)C(C)C)c2ccccc2)c1.Cc1ccc(O)c(C(CCN(C(C)C)C(C)C)c2ccccc2)c1. The van der Waals surface area contributed by atoms with Crippen LogP contribution < -0.4 is 0 Å². The molecule has 0 heterocycles. The van der Waals surface area contributed by atoms with Gasteiger partial charge < -0.3 is 15.1 Å². The van der Waals surface area contributed by atoms with E-state index in [0.29, 0.717) is 24.3 Å². The summed E-state index contributed by atoms with van der Waals surface area (Å²) < 4.78 is 0. The lowest BCUT2D eigenvalue weighted by atomic mass is 9.86. The molecule has 1 amide bonds. The largest absolute Gasteiger partial charge is 0.508 e. The first-order valence-corrected chi connectivity index (χ1v) is 18.0. The molecule has 0 saturated carbocycles. The zero-order chi connectivity index (χ0) is 36.2. The predicted molar refractivity (Wildman–Crippen MR) is 206 cm³/mol. The zero-order valence-electron chi connectivity index (χ0n) is 31.5. The van der Waals surface area contributed by atoms with Crippen molar-refractivity contribution in [2.75, 3.05) is 6.54 Å². The Morgan fingerprint density at radius 2 is 0.980 bits per heavy atom. The summed E-state index contributed by atoms with van der Waals surface area (Å²) in [6.45, 7) is 22.3. The number of hydrogen-bond acceptors (Lipinski definition) is 4. The highest BCUT2D eigenvalue weighted by atomic mass is 16.3. The number of phenols is 2. The molecule has 4 aromatic carbocycles. The van der Waals surface area contributed by atoms with Gasteiger partial charge in [-0.3, -0.25) is 9.69 Å². The van der Waals surface area contributed by atoms with Gasteiger partial charge in [-0.15, -0.1) is 0 Å². The summed E-state index contributed by atoms with van der Waals surface area (Å²) in [5.41, 5.74) is 6.43. The number of nitrogens with zero attached hydrogens (tertiary/aromatic N) is 2. The summed E-state index contributed by atoms with van der Waals surface area (Å²) in [6, 6.07) is 33.3. The van der Waals surface area contributed by atoms with Gasteiger partial charge in [-0.2, -0.15) is 0 Å². The number of carbonyl (C=O) groups excluding carboxylic acids is 1. The van der Waals surface area contributed by atoms with Crippen LogP contribution in [0.4, 0.5) is 0 Å². The molecule has 2 N–H and O–H groups in total. The van der Waals surface area contributed by atoms with Gasteiger partial charge in [0, 0.05) is 53.6 Å². The Balaban J connectivity index is 0.000000266. The molecule has 4 aromatic rings. The highest BCUT2D eigenvalue weighted by Crippen LogP contribution is 2.36. The van der Waals surface area contributed by atoms with Gasteiger partial charge in [-0.1, -0.05) is 96.1 Å². The summed E-state index contributed by atoms with van der Waals surface area (Å²) in [4.78, 5) is 17.5. The monoisotopic (exact) mass is 664 g/mol. The van der Waals surface area contributed by atoms with E-state index in [1.807, 2.05) is 100 Å². The molecule has 0 aliphatic carbocycles. The van der Waals surface area contributed by atoms with Crippen LogP contribution in [0, 0.1) is 13.8 Å². The molecule has 2 unspecified atom stereocenters. The number of aryl methyl sites for hydroxylation is 2. The fraction of sp³-hybridized carbons (Fsp3) is 0.432. The molecule has 2 atom stereocenters. The third-order valence-electron chi connectivity index (χ3n) is 9.30. The lowest BCUT2D eigenvalue weighted by Gasteiger charge is -2.32. The zero-order valence-corrected chi connectivity index (χ0v) is 31.5.